The molecule has 106 valence electrons. The maximum atomic E-state index is 6.25. The van der Waals surface area contributed by atoms with E-state index in [1.807, 2.05) is 0 Å². The van der Waals surface area contributed by atoms with Gasteiger partial charge < -0.3 is 5.73 Å². The average molecular weight is 321 g/mol. The van der Waals surface area contributed by atoms with E-state index in [9.17, 15) is 0 Å². The highest BCUT2D eigenvalue weighted by molar-refractivity contribution is 6.39. The third-order valence-corrected chi connectivity index (χ3v) is 5.24. The van der Waals surface area contributed by atoms with Crippen molar-refractivity contribution in [3.8, 4) is 0 Å². The first kappa shape index (κ1) is 15.4. The number of nitrogens with two attached hydrogens (primary N) is 1. The Morgan fingerprint density at radius 1 is 1.00 bits per heavy atom. The van der Waals surface area contributed by atoms with Crippen LogP contribution in [0.15, 0.2) is 12.1 Å². The molecule has 4 heteroatoms. The number of hydrogen-bond acceptors (Lipinski definition) is 1. The lowest BCUT2D eigenvalue weighted by Crippen LogP contribution is -2.22. The molecule has 2 N–H and O–H groups in total. The number of hydrogen-bond donors (Lipinski definition) is 1. The van der Waals surface area contributed by atoms with Gasteiger partial charge in [-0.05, 0) is 61.8 Å². The van der Waals surface area contributed by atoms with E-state index in [-0.39, 0.29) is 0 Å². The molecule has 2 rings (SSSR count). The second-order valence-corrected chi connectivity index (χ2v) is 6.84. The van der Waals surface area contributed by atoms with Crippen LogP contribution in [0.1, 0.15) is 44.1 Å². The molecule has 19 heavy (non-hydrogen) atoms. The fourth-order valence-corrected chi connectivity index (χ4v) is 4.26. The maximum absolute atomic E-state index is 6.25. The van der Waals surface area contributed by atoms with Crippen LogP contribution >= 0.6 is 34.8 Å². The van der Waals surface area contributed by atoms with Gasteiger partial charge in [0.05, 0.1) is 0 Å². The summed E-state index contributed by atoms with van der Waals surface area (Å²) in [6, 6.07) is 3.54. The van der Waals surface area contributed by atoms with Gasteiger partial charge >= 0.3 is 0 Å². The zero-order valence-electron chi connectivity index (χ0n) is 11.0. The quantitative estimate of drug-likeness (QED) is 0.763. The maximum Gasteiger partial charge on any atom is 0.0467 e. The molecule has 1 aromatic carbocycles. The van der Waals surface area contributed by atoms with Crippen LogP contribution < -0.4 is 5.73 Å². The Kier molecular flexibility index (Phi) is 5.42. The third-order valence-electron chi connectivity index (χ3n) is 4.35. The SMILES string of the molecule is NCCC1(CCc2c(Cl)cc(Cl)cc2Cl)CCCC1. The molecule has 0 atom stereocenters. The molecule has 1 fully saturated rings. The van der Waals surface area contributed by atoms with Crippen molar-refractivity contribution in [3.63, 3.8) is 0 Å². The van der Waals surface area contributed by atoms with E-state index in [1.165, 1.54) is 25.7 Å². The van der Waals surface area contributed by atoms with Gasteiger partial charge in [-0.2, -0.15) is 0 Å². The number of benzene rings is 1. The first-order chi connectivity index (χ1) is 9.06. The van der Waals surface area contributed by atoms with Crippen molar-refractivity contribution in [2.45, 2.75) is 44.9 Å². The van der Waals surface area contributed by atoms with Crippen molar-refractivity contribution < 1.29 is 0 Å². The second kappa shape index (κ2) is 6.67. The minimum atomic E-state index is 0.404. The molecule has 0 spiro atoms. The zero-order chi connectivity index (χ0) is 13.9. The molecule has 1 nitrogen and oxygen atoms in total. The van der Waals surface area contributed by atoms with Crippen LogP contribution in [0.5, 0.6) is 0 Å². The Morgan fingerprint density at radius 3 is 2.11 bits per heavy atom. The standard InChI is InChI=1S/C15H20Cl3N/c16-11-9-13(17)12(14(18)10-11)3-6-15(7-8-19)4-1-2-5-15/h9-10H,1-8,19H2. The van der Waals surface area contributed by atoms with Crippen LogP contribution in [0.3, 0.4) is 0 Å². The second-order valence-electron chi connectivity index (χ2n) is 5.59. The Morgan fingerprint density at radius 2 is 1.58 bits per heavy atom. The van der Waals surface area contributed by atoms with E-state index in [0.717, 1.165) is 31.4 Å². The minimum Gasteiger partial charge on any atom is -0.330 e. The summed E-state index contributed by atoms with van der Waals surface area (Å²) in [7, 11) is 0. The summed E-state index contributed by atoms with van der Waals surface area (Å²) in [5.74, 6) is 0. The Hall–Kier alpha value is 0.0500. The fraction of sp³-hybridized carbons (Fsp3) is 0.600. The van der Waals surface area contributed by atoms with Crippen molar-refractivity contribution in [3.05, 3.63) is 32.8 Å². The minimum absolute atomic E-state index is 0.404. The highest BCUT2D eigenvalue weighted by atomic mass is 35.5. The first-order valence-electron chi connectivity index (χ1n) is 6.90. The largest absolute Gasteiger partial charge is 0.330 e. The van der Waals surface area contributed by atoms with Crippen LogP contribution in [0.25, 0.3) is 0 Å². The Labute approximate surface area is 130 Å². The van der Waals surface area contributed by atoms with Gasteiger partial charge in [0, 0.05) is 15.1 Å². The fourth-order valence-electron chi connectivity index (χ4n) is 3.26. The molecule has 0 unspecified atom stereocenters. The van der Waals surface area contributed by atoms with E-state index in [2.05, 4.69) is 0 Å². The first-order valence-corrected chi connectivity index (χ1v) is 8.03. The van der Waals surface area contributed by atoms with Gasteiger partial charge in [0.1, 0.15) is 0 Å². The predicted octanol–water partition coefficient (Wildman–Crippen LogP) is 5.49. The summed E-state index contributed by atoms with van der Waals surface area (Å²) in [6.45, 7) is 0.766. The van der Waals surface area contributed by atoms with E-state index >= 15 is 0 Å². The van der Waals surface area contributed by atoms with Gasteiger partial charge in [0.2, 0.25) is 0 Å². The van der Waals surface area contributed by atoms with Crippen LogP contribution in [-0.2, 0) is 6.42 Å². The molecular weight excluding hydrogens is 301 g/mol. The molecule has 0 aliphatic heterocycles. The number of rotatable bonds is 5. The van der Waals surface area contributed by atoms with Crippen molar-refractivity contribution >= 4 is 34.8 Å². The molecule has 0 amide bonds. The van der Waals surface area contributed by atoms with Gasteiger partial charge in [0.15, 0.2) is 0 Å². The summed E-state index contributed by atoms with van der Waals surface area (Å²) < 4.78 is 0. The van der Waals surface area contributed by atoms with E-state index < -0.39 is 0 Å². The average Bonchev–Trinajstić information content (AvgIpc) is 2.77. The number of halogens is 3. The van der Waals surface area contributed by atoms with Crippen molar-refractivity contribution in [1.29, 1.82) is 0 Å². The molecule has 0 bridgehead atoms. The van der Waals surface area contributed by atoms with Crippen LogP contribution in [0, 0.1) is 5.41 Å². The summed E-state index contributed by atoms with van der Waals surface area (Å²) in [6.07, 6.45) is 8.35. The zero-order valence-corrected chi connectivity index (χ0v) is 13.3. The van der Waals surface area contributed by atoms with Crippen LogP contribution in [0.4, 0.5) is 0 Å². The molecule has 1 aliphatic rings. The molecule has 0 heterocycles. The summed E-state index contributed by atoms with van der Waals surface area (Å²) in [5.41, 5.74) is 7.20. The van der Waals surface area contributed by atoms with Crippen LogP contribution in [-0.4, -0.2) is 6.54 Å². The summed E-state index contributed by atoms with van der Waals surface area (Å²) in [5, 5.41) is 1.95. The van der Waals surface area contributed by atoms with Gasteiger partial charge in [-0.25, -0.2) is 0 Å². The van der Waals surface area contributed by atoms with Crippen molar-refractivity contribution in [2.75, 3.05) is 6.54 Å². The molecule has 1 aromatic rings. The Balaban J connectivity index is 2.09. The topological polar surface area (TPSA) is 26.0 Å². The smallest absolute Gasteiger partial charge is 0.0467 e. The predicted molar refractivity (Wildman–Crippen MR) is 84.4 cm³/mol. The molecular formula is C15H20Cl3N. The van der Waals surface area contributed by atoms with E-state index in [0.29, 0.717) is 20.5 Å². The van der Waals surface area contributed by atoms with Crippen molar-refractivity contribution in [2.24, 2.45) is 11.1 Å². The lowest BCUT2D eigenvalue weighted by molar-refractivity contribution is 0.253. The molecule has 1 aliphatic carbocycles. The molecule has 0 saturated heterocycles. The Bertz CT molecular complexity index is 416. The van der Waals surface area contributed by atoms with Crippen molar-refractivity contribution in [1.82, 2.24) is 0 Å². The summed E-state index contributed by atoms with van der Waals surface area (Å²) in [4.78, 5) is 0. The normalized spacial score (nSPS) is 17.9. The monoisotopic (exact) mass is 319 g/mol. The highest BCUT2D eigenvalue weighted by Gasteiger charge is 2.32. The third kappa shape index (κ3) is 3.78. The van der Waals surface area contributed by atoms with E-state index in [4.69, 9.17) is 40.5 Å². The molecule has 1 saturated carbocycles. The van der Waals surface area contributed by atoms with E-state index in [1.54, 1.807) is 12.1 Å². The van der Waals surface area contributed by atoms with Gasteiger partial charge in [-0.1, -0.05) is 47.6 Å². The highest BCUT2D eigenvalue weighted by Crippen LogP contribution is 2.45. The van der Waals surface area contributed by atoms with Gasteiger partial charge in [0.25, 0.3) is 0 Å². The van der Waals surface area contributed by atoms with Gasteiger partial charge in [-0.15, -0.1) is 0 Å². The summed E-state index contributed by atoms with van der Waals surface area (Å²) >= 11 is 18.4. The van der Waals surface area contributed by atoms with Crippen LogP contribution in [0.2, 0.25) is 15.1 Å². The molecule has 0 aromatic heterocycles. The van der Waals surface area contributed by atoms with Gasteiger partial charge in [-0.3, -0.25) is 0 Å². The lowest BCUT2D eigenvalue weighted by atomic mass is 9.77. The lowest BCUT2D eigenvalue weighted by Gasteiger charge is -2.29. The molecule has 0 radical (unpaired) electrons.